The first-order valence-corrected chi connectivity index (χ1v) is 5.06. The molecule has 0 aliphatic rings. The predicted octanol–water partition coefficient (Wildman–Crippen LogP) is 2.76. The van der Waals surface area contributed by atoms with Crippen LogP contribution in [0.15, 0.2) is 6.07 Å². The maximum atomic E-state index is 12.7. The van der Waals surface area contributed by atoms with Crippen LogP contribution in [0.2, 0.25) is 5.15 Å². The molecular formula is C9H7ClF2N2O4. The molecule has 1 heterocycles. The monoisotopic (exact) mass is 280 g/mol. The van der Waals surface area contributed by atoms with Crippen LogP contribution >= 0.6 is 11.6 Å². The second-order valence-corrected chi connectivity index (χ2v) is 3.39. The minimum atomic E-state index is -3.18. The molecular weight excluding hydrogens is 274 g/mol. The molecule has 18 heavy (non-hydrogen) atoms. The molecule has 0 aromatic carbocycles. The molecule has 0 saturated heterocycles. The van der Waals surface area contributed by atoms with Crippen LogP contribution in [-0.4, -0.2) is 22.5 Å². The summed E-state index contributed by atoms with van der Waals surface area (Å²) in [5.74, 6) is -1.23. The van der Waals surface area contributed by atoms with Crippen molar-refractivity contribution in [1.29, 1.82) is 0 Å². The van der Waals surface area contributed by atoms with E-state index in [-0.39, 0.29) is 6.61 Å². The minimum Gasteiger partial charge on any atom is -0.462 e. The number of alkyl halides is 2. The molecule has 98 valence electrons. The second-order valence-electron chi connectivity index (χ2n) is 3.00. The molecule has 0 unspecified atom stereocenters. The third-order valence-electron chi connectivity index (χ3n) is 1.88. The normalized spacial score (nSPS) is 10.5. The molecule has 0 atom stereocenters. The maximum absolute atomic E-state index is 12.7. The average Bonchev–Trinajstić information content (AvgIpc) is 2.27. The van der Waals surface area contributed by atoms with E-state index in [0.717, 1.165) is 6.07 Å². The van der Waals surface area contributed by atoms with Crippen molar-refractivity contribution in [2.75, 3.05) is 6.61 Å². The summed E-state index contributed by atoms with van der Waals surface area (Å²) in [4.78, 5) is 24.4. The number of esters is 1. The summed E-state index contributed by atoms with van der Waals surface area (Å²) < 4.78 is 29.9. The molecule has 1 rings (SSSR count). The lowest BCUT2D eigenvalue weighted by Gasteiger charge is -2.08. The van der Waals surface area contributed by atoms with E-state index >= 15 is 0 Å². The molecule has 0 aliphatic carbocycles. The summed E-state index contributed by atoms with van der Waals surface area (Å²) in [6, 6.07) is 0.722. The van der Waals surface area contributed by atoms with Gasteiger partial charge in [-0.25, -0.2) is 18.6 Å². The molecule has 1 aromatic heterocycles. The van der Waals surface area contributed by atoms with Gasteiger partial charge in [0.05, 0.1) is 17.6 Å². The number of carbonyl (C=O) groups excluding carboxylic acids is 1. The number of ether oxygens (including phenoxy) is 1. The van der Waals surface area contributed by atoms with Gasteiger partial charge in [-0.1, -0.05) is 11.6 Å². The van der Waals surface area contributed by atoms with E-state index in [0.29, 0.717) is 0 Å². The number of carbonyl (C=O) groups is 1. The first-order chi connectivity index (χ1) is 8.38. The van der Waals surface area contributed by atoms with Crippen molar-refractivity contribution in [2.24, 2.45) is 0 Å². The Balaban J connectivity index is 3.50. The summed E-state index contributed by atoms with van der Waals surface area (Å²) in [6.07, 6.45) is -3.18. The van der Waals surface area contributed by atoms with E-state index in [1.807, 2.05) is 0 Å². The fraction of sp³-hybridized carbons (Fsp3) is 0.333. The standard InChI is InChI=1S/C9H7ClF2N2O4/c1-2-18-9(15)6-4(14(16)17)3-5(10)13-7(6)8(11)12/h3,8H,2H2,1H3. The molecule has 0 amide bonds. The van der Waals surface area contributed by atoms with Crippen LogP contribution in [0.4, 0.5) is 14.5 Å². The van der Waals surface area contributed by atoms with Gasteiger partial charge in [-0.15, -0.1) is 0 Å². The van der Waals surface area contributed by atoms with Crippen molar-refractivity contribution in [1.82, 2.24) is 4.98 Å². The number of nitro groups is 1. The zero-order valence-electron chi connectivity index (χ0n) is 9.02. The van der Waals surface area contributed by atoms with Gasteiger partial charge in [0.15, 0.2) is 5.56 Å². The Morgan fingerprint density at radius 2 is 2.28 bits per heavy atom. The Morgan fingerprint density at radius 1 is 1.67 bits per heavy atom. The van der Waals surface area contributed by atoms with Gasteiger partial charge in [0, 0.05) is 0 Å². The van der Waals surface area contributed by atoms with Crippen molar-refractivity contribution in [3.8, 4) is 0 Å². The number of aromatic nitrogens is 1. The lowest BCUT2D eigenvalue weighted by Crippen LogP contribution is -2.13. The van der Waals surface area contributed by atoms with Crippen LogP contribution < -0.4 is 0 Å². The largest absolute Gasteiger partial charge is 0.462 e. The van der Waals surface area contributed by atoms with Gasteiger partial charge in [-0.2, -0.15) is 0 Å². The van der Waals surface area contributed by atoms with Crippen LogP contribution in [0.3, 0.4) is 0 Å². The van der Waals surface area contributed by atoms with Crippen molar-refractivity contribution in [3.63, 3.8) is 0 Å². The molecule has 0 saturated carbocycles. The zero-order chi connectivity index (χ0) is 13.9. The first kappa shape index (κ1) is 14.2. The fourth-order valence-electron chi connectivity index (χ4n) is 1.23. The molecule has 0 N–H and O–H groups in total. The smallest absolute Gasteiger partial charge is 0.347 e. The van der Waals surface area contributed by atoms with Gasteiger partial charge in [0.25, 0.3) is 12.1 Å². The second kappa shape index (κ2) is 5.67. The molecule has 0 spiro atoms. The van der Waals surface area contributed by atoms with Gasteiger partial charge in [0.1, 0.15) is 10.8 Å². The minimum absolute atomic E-state index is 0.110. The van der Waals surface area contributed by atoms with Gasteiger partial charge in [-0.05, 0) is 6.92 Å². The fourth-order valence-corrected chi connectivity index (χ4v) is 1.43. The van der Waals surface area contributed by atoms with E-state index in [2.05, 4.69) is 9.72 Å². The Bertz CT molecular complexity index is 496. The average molecular weight is 281 g/mol. The number of hydrogen-bond acceptors (Lipinski definition) is 5. The molecule has 9 heteroatoms. The summed E-state index contributed by atoms with van der Waals surface area (Å²) in [5.41, 5.74) is -2.79. The lowest BCUT2D eigenvalue weighted by atomic mass is 10.1. The van der Waals surface area contributed by atoms with Crippen LogP contribution in [0.1, 0.15) is 29.4 Å². The lowest BCUT2D eigenvalue weighted by molar-refractivity contribution is -0.385. The van der Waals surface area contributed by atoms with Crippen molar-refractivity contribution >= 4 is 23.3 Å². The van der Waals surface area contributed by atoms with Gasteiger partial charge in [-0.3, -0.25) is 10.1 Å². The Hall–Kier alpha value is -1.83. The summed E-state index contributed by atoms with van der Waals surface area (Å²) in [5, 5.41) is 10.2. The Kier molecular flexibility index (Phi) is 4.49. The van der Waals surface area contributed by atoms with Crippen molar-refractivity contribution in [3.05, 3.63) is 32.6 Å². The van der Waals surface area contributed by atoms with Crippen molar-refractivity contribution in [2.45, 2.75) is 13.3 Å². The Morgan fingerprint density at radius 3 is 2.72 bits per heavy atom. The summed E-state index contributed by atoms with van der Waals surface area (Å²) in [6.45, 7) is 1.33. The quantitative estimate of drug-likeness (QED) is 0.366. The zero-order valence-corrected chi connectivity index (χ0v) is 9.78. The van der Waals surface area contributed by atoms with E-state index < -0.39 is 39.4 Å². The van der Waals surface area contributed by atoms with Crippen LogP contribution in [0.25, 0.3) is 0 Å². The number of rotatable bonds is 4. The highest BCUT2D eigenvalue weighted by Gasteiger charge is 2.31. The van der Waals surface area contributed by atoms with E-state index in [9.17, 15) is 23.7 Å². The molecule has 1 aromatic rings. The molecule has 0 radical (unpaired) electrons. The highest BCUT2D eigenvalue weighted by Crippen LogP contribution is 2.31. The predicted molar refractivity (Wildman–Crippen MR) is 56.8 cm³/mol. The Labute approximate surface area is 105 Å². The molecule has 0 bridgehead atoms. The van der Waals surface area contributed by atoms with Gasteiger partial charge >= 0.3 is 5.97 Å². The molecule has 0 aliphatic heterocycles. The number of nitrogens with zero attached hydrogens (tertiary/aromatic N) is 2. The third kappa shape index (κ3) is 2.89. The molecule has 0 fully saturated rings. The third-order valence-corrected chi connectivity index (χ3v) is 2.07. The number of pyridine rings is 1. The maximum Gasteiger partial charge on any atom is 0.347 e. The number of hydrogen-bond donors (Lipinski definition) is 0. The summed E-state index contributed by atoms with van der Waals surface area (Å²) in [7, 11) is 0. The topological polar surface area (TPSA) is 82.3 Å². The number of halogens is 3. The van der Waals surface area contributed by atoms with Gasteiger partial charge < -0.3 is 4.74 Å². The summed E-state index contributed by atoms with van der Waals surface area (Å²) >= 11 is 5.39. The van der Waals surface area contributed by atoms with Crippen LogP contribution in [0.5, 0.6) is 0 Å². The van der Waals surface area contributed by atoms with Crippen LogP contribution in [-0.2, 0) is 4.74 Å². The van der Waals surface area contributed by atoms with Crippen molar-refractivity contribution < 1.29 is 23.2 Å². The highest BCUT2D eigenvalue weighted by molar-refractivity contribution is 6.29. The van der Waals surface area contributed by atoms with E-state index in [1.165, 1.54) is 6.92 Å². The van der Waals surface area contributed by atoms with Gasteiger partial charge in [0.2, 0.25) is 0 Å². The SMILES string of the molecule is CCOC(=O)c1c([N+](=O)[O-])cc(Cl)nc1C(F)F. The molecule has 6 nitrogen and oxygen atoms in total. The first-order valence-electron chi connectivity index (χ1n) is 4.68. The van der Waals surface area contributed by atoms with Crippen LogP contribution in [0, 0.1) is 10.1 Å². The van der Waals surface area contributed by atoms with E-state index in [1.54, 1.807) is 0 Å². The highest BCUT2D eigenvalue weighted by atomic mass is 35.5. The van der Waals surface area contributed by atoms with E-state index in [4.69, 9.17) is 11.6 Å².